The van der Waals surface area contributed by atoms with E-state index >= 15 is 0 Å². The van der Waals surface area contributed by atoms with Crippen molar-refractivity contribution in [3.05, 3.63) is 29.1 Å². The Bertz CT molecular complexity index is 390. The fraction of sp³-hybridized carbons (Fsp3) is 0.250. The molecular weight excluding hydrogens is 188 g/mol. The summed E-state index contributed by atoms with van der Waals surface area (Å²) in [5, 5.41) is 0. The molecule has 5 heteroatoms. The Morgan fingerprint density at radius 3 is 3.23 bits per heavy atom. The number of fused-ring (bicyclic) bond motifs is 1. The third-order valence-corrected chi connectivity index (χ3v) is 2.39. The third-order valence-electron chi connectivity index (χ3n) is 1.84. The van der Waals surface area contributed by atoms with Gasteiger partial charge in [0.15, 0.2) is 11.1 Å². The lowest BCUT2D eigenvalue weighted by atomic mass is 10.1. The molecule has 1 aliphatic rings. The summed E-state index contributed by atoms with van der Waals surface area (Å²) in [5.41, 5.74) is 2.73. The van der Waals surface area contributed by atoms with Gasteiger partial charge in [-0.05, 0) is 11.6 Å². The van der Waals surface area contributed by atoms with E-state index in [0.717, 1.165) is 11.1 Å². The normalized spacial score (nSPS) is 15.8. The number of pyridine rings is 1. The van der Waals surface area contributed by atoms with E-state index < -0.39 is 11.1 Å². The summed E-state index contributed by atoms with van der Waals surface area (Å²) >= 11 is -1.82. The summed E-state index contributed by atoms with van der Waals surface area (Å²) in [7, 11) is 0. The van der Waals surface area contributed by atoms with Crippen LogP contribution < -0.4 is 0 Å². The molecule has 0 aromatic carbocycles. The monoisotopic (exact) mass is 196 g/mol. The van der Waals surface area contributed by atoms with Crippen LogP contribution in [-0.2, 0) is 23.4 Å². The Labute approximate surface area is 78.0 Å². The first kappa shape index (κ1) is 8.52. The average Bonchev–Trinajstić information content (AvgIpc) is 2.49. The molecule has 2 rings (SSSR count). The minimum atomic E-state index is -1.82. The van der Waals surface area contributed by atoms with E-state index in [2.05, 4.69) is 9.98 Å². The van der Waals surface area contributed by atoms with Gasteiger partial charge in [-0.15, -0.1) is 0 Å². The summed E-state index contributed by atoms with van der Waals surface area (Å²) in [4.78, 5) is 8.11. The van der Waals surface area contributed by atoms with Gasteiger partial charge in [0, 0.05) is 18.0 Å². The van der Waals surface area contributed by atoms with Crippen LogP contribution in [0.3, 0.4) is 0 Å². The Balaban J connectivity index is 2.28. The molecule has 0 spiro atoms. The minimum Gasteiger partial charge on any atom is -0.306 e. The van der Waals surface area contributed by atoms with Gasteiger partial charge in [0.2, 0.25) is 0 Å². The molecule has 1 atom stereocenters. The molecule has 0 fully saturated rings. The lowest BCUT2D eigenvalue weighted by molar-refractivity contribution is 0.563. The second-order valence-electron chi connectivity index (χ2n) is 2.81. The molecule has 1 aliphatic heterocycles. The Hall–Kier alpha value is -1.07. The summed E-state index contributed by atoms with van der Waals surface area (Å²) < 4.78 is 19.2. The summed E-state index contributed by atoms with van der Waals surface area (Å²) in [6.07, 6.45) is 3.45. The van der Waals surface area contributed by atoms with Crippen LogP contribution in [0.25, 0.3) is 0 Å². The van der Waals surface area contributed by atoms with Crippen molar-refractivity contribution in [2.75, 3.05) is 0 Å². The highest BCUT2D eigenvalue weighted by molar-refractivity contribution is 7.78. The predicted molar refractivity (Wildman–Crippen MR) is 50.0 cm³/mol. The number of rotatable bonds is 2. The quantitative estimate of drug-likeness (QED) is 0.709. The molecule has 2 heterocycles. The van der Waals surface area contributed by atoms with Crippen molar-refractivity contribution in [2.24, 2.45) is 4.99 Å². The van der Waals surface area contributed by atoms with E-state index in [9.17, 15) is 4.21 Å². The molecule has 0 bridgehead atoms. The highest BCUT2D eigenvalue weighted by Crippen LogP contribution is 2.14. The van der Waals surface area contributed by atoms with Gasteiger partial charge in [0.1, 0.15) is 0 Å². The molecular formula is C8H8N2O2S. The van der Waals surface area contributed by atoms with E-state index in [1.54, 1.807) is 12.4 Å². The smallest absolute Gasteiger partial charge is 0.158 e. The molecule has 0 saturated carbocycles. The number of nitrogens with zero attached hydrogens (tertiary/aromatic N) is 2. The van der Waals surface area contributed by atoms with E-state index in [-0.39, 0.29) is 5.75 Å². The maximum absolute atomic E-state index is 10.5. The molecule has 0 amide bonds. The summed E-state index contributed by atoms with van der Waals surface area (Å²) in [5.74, 6) is 0.0906. The van der Waals surface area contributed by atoms with E-state index in [1.165, 1.54) is 0 Å². The fourth-order valence-corrected chi connectivity index (χ4v) is 1.67. The topological polar surface area (TPSA) is 62.5 Å². The van der Waals surface area contributed by atoms with Gasteiger partial charge in [-0.25, -0.2) is 4.21 Å². The van der Waals surface area contributed by atoms with E-state index in [4.69, 9.17) is 4.55 Å². The van der Waals surface area contributed by atoms with Gasteiger partial charge in [-0.1, -0.05) is 0 Å². The van der Waals surface area contributed by atoms with Gasteiger partial charge in [0.05, 0.1) is 18.0 Å². The van der Waals surface area contributed by atoms with Crippen molar-refractivity contribution >= 4 is 17.3 Å². The van der Waals surface area contributed by atoms with Crippen LogP contribution in [0.2, 0.25) is 0 Å². The van der Waals surface area contributed by atoms with Crippen LogP contribution in [0.1, 0.15) is 16.8 Å². The zero-order valence-electron chi connectivity index (χ0n) is 6.80. The van der Waals surface area contributed by atoms with Crippen molar-refractivity contribution in [3.63, 3.8) is 0 Å². The lowest BCUT2D eigenvalue weighted by Gasteiger charge is -1.99. The second-order valence-corrected chi connectivity index (χ2v) is 3.74. The number of aromatic nitrogens is 1. The minimum absolute atomic E-state index is 0.0906. The second kappa shape index (κ2) is 3.35. The molecule has 13 heavy (non-hydrogen) atoms. The maximum atomic E-state index is 10.5. The maximum Gasteiger partial charge on any atom is 0.158 e. The largest absolute Gasteiger partial charge is 0.306 e. The molecule has 0 saturated heterocycles. The van der Waals surface area contributed by atoms with Gasteiger partial charge in [-0.2, -0.15) is 0 Å². The Morgan fingerprint density at radius 1 is 1.62 bits per heavy atom. The molecule has 4 nitrogen and oxygen atoms in total. The molecule has 0 aliphatic carbocycles. The van der Waals surface area contributed by atoms with E-state index in [0.29, 0.717) is 12.2 Å². The van der Waals surface area contributed by atoms with Crippen molar-refractivity contribution in [1.29, 1.82) is 0 Å². The highest BCUT2D eigenvalue weighted by atomic mass is 32.2. The molecule has 1 N–H and O–H groups in total. The van der Waals surface area contributed by atoms with Crippen molar-refractivity contribution in [3.8, 4) is 0 Å². The van der Waals surface area contributed by atoms with Gasteiger partial charge < -0.3 is 4.55 Å². The number of hydrogen-bond donors (Lipinski definition) is 1. The number of aliphatic imine (C=N–C) groups is 1. The third kappa shape index (κ3) is 1.81. The zero-order valence-corrected chi connectivity index (χ0v) is 7.62. The SMILES string of the molecule is O=S(O)Cc1cc2c(cn1)C=NC2. The van der Waals surface area contributed by atoms with Crippen LogP contribution in [0.15, 0.2) is 17.3 Å². The van der Waals surface area contributed by atoms with Crippen molar-refractivity contribution < 1.29 is 8.76 Å². The van der Waals surface area contributed by atoms with Crippen molar-refractivity contribution in [2.45, 2.75) is 12.3 Å². The average molecular weight is 196 g/mol. The van der Waals surface area contributed by atoms with Gasteiger partial charge in [0.25, 0.3) is 0 Å². The molecule has 68 valence electrons. The first-order valence-corrected chi connectivity index (χ1v) is 5.08. The molecule has 0 radical (unpaired) electrons. The van der Waals surface area contributed by atoms with Gasteiger partial charge in [-0.3, -0.25) is 9.98 Å². The van der Waals surface area contributed by atoms with Gasteiger partial charge >= 0.3 is 0 Å². The Kier molecular flexibility index (Phi) is 2.20. The van der Waals surface area contributed by atoms with Crippen LogP contribution in [-0.4, -0.2) is 20.0 Å². The highest BCUT2D eigenvalue weighted by Gasteiger charge is 2.08. The first-order valence-electron chi connectivity index (χ1n) is 3.81. The lowest BCUT2D eigenvalue weighted by Crippen LogP contribution is -1.98. The van der Waals surface area contributed by atoms with Crippen LogP contribution in [0.5, 0.6) is 0 Å². The van der Waals surface area contributed by atoms with Crippen molar-refractivity contribution in [1.82, 2.24) is 4.98 Å². The first-order chi connectivity index (χ1) is 6.25. The molecule has 1 unspecified atom stereocenters. The fourth-order valence-electron chi connectivity index (χ4n) is 1.26. The summed E-state index contributed by atoms with van der Waals surface area (Å²) in [6.45, 7) is 0.656. The molecule has 1 aromatic rings. The molecule has 1 aromatic heterocycles. The van der Waals surface area contributed by atoms with Crippen LogP contribution in [0, 0.1) is 0 Å². The zero-order chi connectivity index (χ0) is 9.26. The summed E-state index contributed by atoms with van der Waals surface area (Å²) in [6, 6.07) is 1.83. The standard InChI is InChI=1S/C8H8N2O2S/c11-13(12)5-8-1-6-2-9-3-7(6)4-10-8/h1,3-4H,2,5H2,(H,11,12). The Morgan fingerprint density at radius 2 is 2.46 bits per heavy atom. The number of hydrogen-bond acceptors (Lipinski definition) is 3. The van der Waals surface area contributed by atoms with Crippen LogP contribution >= 0.6 is 0 Å². The van der Waals surface area contributed by atoms with Crippen LogP contribution in [0.4, 0.5) is 0 Å². The van der Waals surface area contributed by atoms with E-state index in [1.807, 2.05) is 6.07 Å². The predicted octanol–water partition coefficient (Wildman–Crippen LogP) is 0.736.